The number of hydrogen-bond donors (Lipinski definition) is 1. The Morgan fingerprint density at radius 3 is 2.86 bits per heavy atom. The van der Waals surface area contributed by atoms with Gasteiger partial charge in [-0.05, 0) is 12.1 Å². The van der Waals surface area contributed by atoms with Crippen molar-refractivity contribution in [1.82, 2.24) is 0 Å². The molecule has 108 valence electrons. The number of nitrogens with one attached hydrogen (secondary N) is 1. The van der Waals surface area contributed by atoms with E-state index in [0.29, 0.717) is 17.2 Å². The number of hydrogen-bond acceptors (Lipinski definition) is 5. The standard InChI is InChI=1S/C14H11FN2O4/c15-14-9(2-1-3-11(14)17(18)19)7-16-10-4-5-12-13(6-10)21-8-20-12/h1-6,16H,7-8H2. The molecule has 21 heavy (non-hydrogen) atoms. The van der Waals surface area contributed by atoms with E-state index in [1.54, 1.807) is 18.2 Å². The Kier molecular flexibility index (Phi) is 3.31. The average Bonchev–Trinajstić information content (AvgIpc) is 2.93. The highest BCUT2D eigenvalue weighted by molar-refractivity contribution is 5.56. The molecule has 0 aliphatic carbocycles. The second kappa shape index (κ2) is 5.28. The molecule has 2 aromatic carbocycles. The number of benzene rings is 2. The number of rotatable bonds is 4. The van der Waals surface area contributed by atoms with Crippen LogP contribution in [-0.4, -0.2) is 11.7 Å². The molecule has 0 amide bonds. The number of ether oxygens (including phenoxy) is 2. The zero-order valence-electron chi connectivity index (χ0n) is 10.8. The molecule has 0 radical (unpaired) electrons. The zero-order chi connectivity index (χ0) is 14.8. The fourth-order valence-corrected chi connectivity index (χ4v) is 2.05. The first-order valence-electron chi connectivity index (χ1n) is 6.20. The summed E-state index contributed by atoms with van der Waals surface area (Å²) in [4.78, 5) is 9.95. The number of halogens is 1. The minimum absolute atomic E-state index is 0.132. The fraction of sp³-hybridized carbons (Fsp3) is 0.143. The van der Waals surface area contributed by atoms with Gasteiger partial charge in [0, 0.05) is 29.9 Å². The van der Waals surface area contributed by atoms with Crippen LogP contribution in [0.2, 0.25) is 0 Å². The average molecular weight is 290 g/mol. The molecule has 0 saturated carbocycles. The van der Waals surface area contributed by atoms with Crippen molar-refractivity contribution >= 4 is 11.4 Å². The van der Waals surface area contributed by atoms with Gasteiger partial charge in [0.05, 0.1) is 4.92 Å². The fourth-order valence-electron chi connectivity index (χ4n) is 2.05. The van der Waals surface area contributed by atoms with Crippen molar-refractivity contribution in [2.24, 2.45) is 0 Å². The highest BCUT2D eigenvalue weighted by atomic mass is 19.1. The van der Waals surface area contributed by atoms with Crippen LogP contribution in [0.4, 0.5) is 15.8 Å². The maximum absolute atomic E-state index is 13.9. The Morgan fingerprint density at radius 1 is 1.24 bits per heavy atom. The second-order valence-corrected chi connectivity index (χ2v) is 4.43. The van der Waals surface area contributed by atoms with Crippen LogP contribution in [0, 0.1) is 15.9 Å². The topological polar surface area (TPSA) is 73.6 Å². The lowest BCUT2D eigenvalue weighted by Gasteiger charge is -2.08. The molecule has 0 unspecified atom stereocenters. The van der Waals surface area contributed by atoms with E-state index >= 15 is 0 Å². The first kappa shape index (κ1) is 13.2. The molecular formula is C14H11FN2O4. The molecule has 0 atom stereocenters. The summed E-state index contributed by atoms with van der Waals surface area (Å²) in [6, 6.07) is 9.34. The zero-order valence-corrected chi connectivity index (χ0v) is 10.8. The molecule has 0 fully saturated rings. The van der Waals surface area contributed by atoms with E-state index in [2.05, 4.69) is 5.32 Å². The smallest absolute Gasteiger partial charge is 0.305 e. The van der Waals surface area contributed by atoms with Gasteiger partial charge < -0.3 is 14.8 Å². The van der Waals surface area contributed by atoms with Gasteiger partial charge in [-0.2, -0.15) is 4.39 Å². The minimum Gasteiger partial charge on any atom is -0.454 e. The third-order valence-corrected chi connectivity index (χ3v) is 3.11. The van der Waals surface area contributed by atoms with Crippen LogP contribution in [0.15, 0.2) is 36.4 Å². The number of nitro groups is 1. The molecular weight excluding hydrogens is 279 g/mol. The summed E-state index contributed by atoms with van der Waals surface area (Å²) < 4.78 is 24.4. The van der Waals surface area contributed by atoms with E-state index in [1.165, 1.54) is 12.1 Å². The molecule has 0 saturated heterocycles. The van der Waals surface area contributed by atoms with Crippen molar-refractivity contribution in [3.05, 3.63) is 57.9 Å². The number of nitro benzene ring substituents is 1. The van der Waals surface area contributed by atoms with Gasteiger partial charge in [-0.15, -0.1) is 0 Å². The molecule has 0 aromatic heterocycles. The van der Waals surface area contributed by atoms with Crippen LogP contribution in [0.5, 0.6) is 11.5 Å². The van der Waals surface area contributed by atoms with Crippen LogP contribution >= 0.6 is 0 Å². The van der Waals surface area contributed by atoms with Gasteiger partial charge in [0.15, 0.2) is 11.5 Å². The number of fused-ring (bicyclic) bond motifs is 1. The van der Waals surface area contributed by atoms with E-state index in [9.17, 15) is 14.5 Å². The lowest BCUT2D eigenvalue weighted by Crippen LogP contribution is -2.04. The van der Waals surface area contributed by atoms with Gasteiger partial charge in [0.25, 0.3) is 0 Å². The Morgan fingerprint density at radius 2 is 2.05 bits per heavy atom. The van der Waals surface area contributed by atoms with Crippen molar-refractivity contribution in [1.29, 1.82) is 0 Å². The van der Waals surface area contributed by atoms with Crippen molar-refractivity contribution in [2.45, 2.75) is 6.54 Å². The lowest BCUT2D eigenvalue weighted by atomic mass is 10.1. The summed E-state index contributed by atoms with van der Waals surface area (Å²) in [6.07, 6.45) is 0. The molecule has 0 spiro atoms. The predicted octanol–water partition coefficient (Wildman–Crippen LogP) is 3.07. The summed E-state index contributed by atoms with van der Waals surface area (Å²) in [5.74, 6) is 0.442. The van der Waals surface area contributed by atoms with Gasteiger partial charge in [0.1, 0.15) is 0 Å². The van der Waals surface area contributed by atoms with Crippen LogP contribution < -0.4 is 14.8 Å². The summed E-state index contributed by atoms with van der Waals surface area (Å²) >= 11 is 0. The third kappa shape index (κ3) is 2.58. The summed E-state index contributed by atoms with van der Waals surface area (Å²) in [5.41, 5.74) is 0.409. The molecule has 3 rings (SSSR count). The van der Waals surface area contributed by atoms with Gasteiger partial charge in [-0.1, -0.05) is 12.1 Å². The van der Waals surface area contributed by atoms with Crippen LogP contribution in [0.25, 0.3) is 0 Å². The summed E-state index contributed by atoms with van der Waals surface area (Å²) in [6.45, 7) is 0.311. The first-order chi connectivity index (χ1) is 10.1. The van der Waals surface area contributed by atoms with E-state index in [0.717, 1.165) is 6.07 Å². The highest BCUT2D eigenvalue weighted by Gasteiger charge is 2.17. The maximum atomic E-state index is 13.9. The van der Waals surface area contributed by atoms with Crippen molar-refractivity contribution in [2.75, 3.05) is 12.1 Å². The maximum Gasteiger partial charge on any atom is 0.305 e. The Hall–Kier alpha value is -2.83. The third-order valence-electron chi connectivity index (χ3n) is 3.11. The van der Waals surface area contributed by atoms with Crippen LogP contribution in [-0.2, 0) is 6.54 Å². The monoisotopic (exact) mass is 290 g/mol. The van der Waals surface area contributed by atoms with Gasteiger partial charge >= 0.3 is 5.69 Å². The van der Waals surface area contributed by atoms with E-state index < -0.39 is 16.4 Å². The lowest BCUT2D eigenvalue weighted by molar-refractivity contribution is -0.387. The van der Waals surface area contributed by atoms with Crippen molar-refractivity contribution in [3.63, 3.8) is 0 Å². The van der Waals surface area contributed by atoms with E-state index in [-0.39, 0.29) is 18.9 Å². The molecule has 6 nitrogen and oxygen atoms in total. The van der Waals surface area contributed by atoms with Crippen molar-refractivity contribution < 1.29 is 18.8 Å². The first-order valence-corrected chi connectivity index (χ1v) is 6.20. The Balaban J connectivity index is 1.76. The number of anilines is 1. The van der Waals surface area contributed by atoms with E-state index in [1.807, 2.05) is 0 Å². The van der Waals surface area contributed by atoms with Crippen LogP contribution in [0.1, 0.15) is 5.56 Å². The normalized spacial score (nSPS) is 12.2. The van der Waals surface area contributed by atoms with Gasteiger partial charge in [-0.3, -0.25) is 10.1 Å². The minimum atomic E-state index is -0.823. The molecule has 1 heterocycles. The molecule has 1 N–H and O–H groups in total. The predicted molar refractivity (Wildman–Crippen MR) is 72.9 cm³/mol. The van der Waals surface area contributed by atoms with Crippen molar-refractivity contribution in [3.8, 4) is 11.5 Å². The summed E-state index contributed by atoms with van der Waals surface area (Å²) in [7, 11) is 0. The van der Waals surface area contributed by atoms with Crippen LogP contribution in [0.3, 0.4) is 0 Å². The SMILES string of the molecule is O=[N+]([O-])c1cccc(CNc2ccc3c(c2)OCO3)c1F. The quantitative estimate of drug-likeness (QED) is 0.692. The molecule has 0 bridgehead atoms. The Bertz CT molecular complexity index is 705. The molecule has 1 aliphatic heterocycles. The van der Waals surface area contributed by atoms with Gasteiger partial charge in [-0.25, -0.2) is 0 Å². The van der Waals surface area contributed by atoms with Gasteiger partial charge in [0.2, 0.25) is 12.6 Å². The largest absolute Gasteiger partial charge is 0.454 e. The summed E-state index contributed by atoms with van der Waals surface area (Å²) in [5, 5.41) is 13.7. The highest BCUT2D eigenvalue weighted by Crippen LogP contribution is 2.34. The number of nitrogens with zero attached hydrogens (tertiary/aromatic N) is 1. The van der Waals surface area contributed by atoms with E-state index in [4.69, 9.17) is 9.47 Å². The second-order valence-electron chi connectivity index (χ2n) is 4.43. The molecule has 2 aromatic rings. The Labute approximate surface area is 119 Å². The molecule has 7 heteroatoms. The molecule has 1 aliphatic rings.